The van der Waals surface area contributed by atoms with E-state index in [1.54, 1.807) is 6.92 Å². The van der Waals surface area contributed by atoms with Gasteiger partial charge in [0.25, 0.3) is 0 Å². The van der Waals surface area contributed by atoms with Gasteiger partial charge in [0, 0.05) is 13.1 Å². The molecule has 1 fully saturated rings. The van der Waals surface area contributed by atoms with Crippen molar-refractivity contribution in [2.24, 2.45) is 5.92 Å². The molecule has 11 heteroatoms. The van der Waals surface area contributed by atoms with Gasteiger partial charge in [-0.1, -0.05) is 5.16 Å². The van der Waals surface area contributed by atoms with Crippen molar-refractivity contribution >= 4 is 22.0 Å². The van der Waals surface area contributed by atoms with Crippen LogP contribution in [-0.2, 0) is 30.9 Å². The first-order valence-corrected chi connectivity index (χ1v) is 10.4. The minimum Gasteiger partial charge on any atom is -0.465 e. The van der Waals surface area contributed by atoms with E-state index in [1.165, 1.54) is 30.7 Å². The summed E-state index contributed by atoms with van der Waals surface area (Å²) in [5.74, 6) is -1.41. The van der Waals surface area contributed by atoms with E-state index in [2.05, 4.69) is 9.89 Å². The summed E-state index contributed by atoms with van der Waals surface area (Å²) in [6.45, 7) is 3.13. The molecule has 0 aliphatic carbocycles. The van der Waals surface area contributed by atoms with Gasteiger partial charge in [-0.15, -0.1) is 0 Å². The molecule has 2 aromatic heterocycles. The SMILES string of the molecule is COC(=O)c1ccoc1COC(=O)C1CCCN(S(=O)(=O)c2c(C)noc2C)C1. The molecular formula is C18H22N2O8S. The molecule has 1 saturated heterocycles. The van der Waals surface area contributed by atoms with Gasteiger partial charge in [0.1, 0.15) is 22.8 Å². The van der Waals surface area contributed by atoms with Crippen molar-refractivity contribution < 1.29 is 36.4 Å². The molecule has 0 bridgehead atoms. The second kappa shape index (κ2) is 8.37. The number of piperidine rings is 1. The molecule has 1 aliphatic heterocycles. The molecule has 0 N–H and O–H groups in total. The van der Waals surface area contributed by atoms with Gasteiger partial charge >= 0.3 is 11.9 Å². The molecule has 0 spiro atoms. The molecule has 1 aliphatic rings. The maximum atomic E-state index is 13.0. The Hall–Kier alpha value is -2.66. The highest BCUT2D eigenvalue weighted by Gasteiger charge is 2.37. The van der Waals surface area contributed by atoms with E-state index in [4.69, 9.17) is 13.7 Å². The van der Waals surface area contributed by atoms with Gasteiger partial charge in [-0.25, -0.2) is 13.2 Å². The van der Waals surface area contributed by atoms with Gasteiger partial charge in [0.05, 0.1) is 19.3 Å². The van der Waals surface area contributed by atoms with Crippen LogP contribution in [0.4, 0.5) is 0 Å². The summed E-state index contributed by atoms with van der Waals surface area (Å²) < 4.78 is 47.2. The first-order chi connectivity index (χ1) is 13.8. The molecule has 1 unspecified atom stereocenters. The van der Waals surface area contributed by atoms with Crippen LogP contribution in [0.5, 0.6) is 0 Å². The number of rotatable bonds is 6. The highest BCUT2D eigenvalue weighted by molar-refractivity contribution is 7.89. The monoisotopic (exact) mass is 426 g/mol. The zero-order valence-corrected chi connectivity index (χ0v) is 17.2. The second-order valence-corrected chi connectivity index (χ2v) is 8.59. The molecule has 10 nitrogen and oxygen atoms in total. The Balaban J connectivity index is 1.67. The molecule has 158 valence electrons. The predicted octanol–water partition coefficient (Wildman–Crippen LogP) is 1.82. The summed E-state index contributed by atoms with van der Waals surface area (Å²) in [7, 11) is -2.60. The van der Waals surface area contributed by atoms with Gasteiger partial charge < -0.3 is 18.4 Å². The maximum absolute atomic E-state index is 13.0. The van der Waals surface area contributed by atoms with Crippen LogP contribution in [0.25, 0.3) is 0 Å². The number of nitrogens with zero attached hydrogens (tertiary/aromatic N) is 2. The molecular weight excluding hydrogens is 404 g/mol. The predicted molar refractivity (Wildman–Crippen MR) is 97.3 cm³/mol. The maximum Gasteiger partial charge on any atom is 0.341 e. The summed E-state index contributed by atoms with van der Waals surface area (Å²) in [5.41, 5.74) is 0.451. The lowest BCUT2D eigenvalue weighted by Crippen LogP contribution is -2.43. The third kappa shape index (κ3) is 4.20. The van der Waals surface area contributed by atoms with E-state index in [0.29, 0.717) is 19.4 Å². The van der Waals surface area contributed by atoms with Crippen LogP contribution in [0.2, 0.25) is 0 Å². The van der Waals surface area contributed by atoms with Crippen molar-refractivity contribution in [3.05, 3.63) is 35.1 Å². The number of esters is 2. The summed E-state index contributed by atoms with van der Waals surface area (Å²) in [5, 5.41) is 3.70. The van der Waals surface area contributed by atoms with Gasteiger partial charge in [-0.05, 0) is 32.8 Å². The lowest BCUT2D eigenvalue weighted by Gasteiger charge is -2.30. The van der Waals surface area contributed by atoms with Crippen LogP contribution in [-0.4, -0.2) is 50.0 Å². The van der Waals surface area contributed by atoms with Crippen LogP contribution >= 0.6 is 0 Å². The lowest BCUT2D eigenvalue weighted by molar-refractivity contribution is -0.151. The van der Waals surface area contributed by atoms with Crippen molar-refractivity contribution in [2.45, 2.75) is 38.2 Å². The van der Waals surface area contributed by atoms with E-state index in [1.807, 2.05) is 0 Å². The minimum absolute atomic E-state index is 0.00671. The Kier molecular flexibility index (Phi) is 6.08. The topological polar surface area (TPSA) is 129 Å². The number of hydrogen-bond donors (Lipinski definition) is 0. The number of aryl methyl sites for hydroxylation is 2. The van der Waals surface area contributed by atoms with Gasteiger partial charge in [-0.3, -0.25) is 4.79 Å². The summed E-state index contributed by atoms with van der Waals surface area (Å²) in [6.07, 6.45) is 2.30. The molecule has 0 aromatic carbocycles. The molecule has 0 radical (unpaired) electrons. The highest BCUT2D eigenvalue weighted by atomic mass is 32.2. The number of aromatic nitrogens is 1. The van der Waals surface area contributed by atoms with E-state index in [9.17, 15) is 18.0 Å². The van der Waals surface area contributed by atoms with E-state index in [0.717, 1.165) is 0 Å². The van der Waals surface area contributed by atoms with Crippen molar-refractivity contribution in [1.29, 1.82) is 0 Å². The number of furan rings is 1. The number of carbonyl (C=O) groups is 2. The normalized spacial score (nSPS) is 17.8. The molecule has 0 saturated carbocycles. The number of methoxy groups -OCH3 is 1. The average molecular weight is 426 g/mol. The summed E-state index contributed by atoms with van der Waals surface area (Å²) in [6, 6.07) is 1.42. The fourth-order valence-electron chi connectivity index (χ4n) is 3.32. The Labute approximate surface area is 167 Å². The summed E-state index contributed by atoms with van der Waals surface area (Å²) in [4.78, 5) is 24.2. The Morgan fingerprint density at radius 3 is 2.76 bits per heavy atom. The smallest absolute Gasteiger partial charge is 0.341 e. The van der Waals surface area contributed by atoms with Crippen molar-refractivity contribution in [3.8, 4) is 0 Å². The molecule has 1 atom stereocenters. The molecule has 29 heavy (non-hydrogen) atoms. The second-order valence-electron chi connectivity index (χ2n) is 6.71. The number of ether oxygens (including phenoxy) is 2. The summed E-state index contributed by atoms with van der Waals surface area (Å²) >= 11 is 0. The van der Waals surface area contributed by atoms with E-state index < -0.39 is 27.9 Å². The average Bonchev–Trinajstić information content (AvgIpc) is 3.31. The fraction of sp³-hybridized carbons (Fsp3) is 0.500. The van der Waals surface area contributed by atoms with Crippen molar-refractivity contribution in [1.82, 2.24) is 9.46 Å². The first kappa shape index (κ1) is 21.1. The van der Waals surface area contributed by atoms with E-state index in [-0.39, 0.29) is 40.8 Å². The Bertz CT molecular complexity index is 987. The Morgan fingerprint density at radius 2 is 2.10 bits per heavy atom. The zero-order valence-electron chi connectivity index (χ0n) is 16.3. The zero-order chi connectivity index (χ0) is 21.2. The van der Waals surface area contributed by atoms with Crippen LogP contribution in [0.15, 0.2) is 26.2 Å². The molecule has 2 aromatic rings. The number of sulfonamides is 1. The quantitative estimate of drug-likeness (QED) is 0.635. The van der Waals surface area contributed by atoms with Gasteiger partial charge in [-0.2, -0.15) is 4.31 Å². The fourth-order valence-corrected chi connectivity index (χ4v) is 5.14. The Morgan fingerprint density at radius 1 is 1.34 bits per heavy atom. The van der Waals surface area contributed by atoms with Crippen LogP contribution in [0.3, 0.4) is 0 Å². The third-order valence-electron chi connectivity index (χ3n) is 4.78. The number of carbonyl (C=O) groups excluding carboxylic acids is 2. The molecule has 3 rings (SSSR count). The van der Waals surface area contributed by atoms with Crippen LogP contribution in [0, 0.1) is 19.8 Å². The largest absolute Gasteiger partial charge is 0.465 e. The first-order valence-electron chi connectivity index (χ1n) is 9.00. The minimum atomic E-state index is -3.84. The van der Waals surface area contributed by atoms with Crippen molar-refractivity contribution in [2.75, 3.05) is 20.2 Å². The lowest BCUT2D eigenvalue weighted by atomic mass is 10.00. The molecule has 3 heterocycles. The van der Waals surface area contributed by atoms with Gasteiger partial charge in [0.15, 0.2) is 11.5 Å². The molecule has 0 amide bonds. The highest BCUT2D eigenvalue weighted by Crippen LogP contribution is 2.28. The van der Waals surface area contributed by atoms with E-state index >= 15 is 0 Å². The number of hydrogen-bond acceptors (Lipinski definition) is 9. The third-order valence-corrected chi connectivity index (χ3v) is 6.89. The van der Waals surface area contributed by atoms with Gasteiger partial charge in [0.2, 0.25) is 10.0 Å². The van der Waals surface area contributed by atoms with Crippen LogP contribution < -0.4 is 0 Å². The van der Waals surface area contributed by atoms with Crippen molar-refractivity contribution in [3.63, 3.8) is 0 Å². The van der Waals surface area contributed by atoms with Crippen LogP contribution in [0.1, 0.15) is 40.4 Å². The standard InChI is InChI=1S/C18H22N2O8S/c1-11-16(12(2)28-19-11)29(23,24)20-7-4-5-13(9-20)17(21)27-10-15-14(6-8-26-15)18(22)25-3/h6,8,13H,4-5,7,9-10H2,1-3H3.